The molecular weight excluding hydrogens is 300 g/mol. The molecule has 0 aromatic carbocycles. The van der Waals surface area contributed by atoms with Crippen LogP contribution < -0.4 is 0 Å². The molecule has 132 valence electrons. The van der Waals surface area contributed by atoms with Crippen LogP contribution in [0.25, 0.3) is 0 Å². The van der Waals surface area contributed by atoms with Crippen LogP contribution in [0.1, 0.15) is 71.1 Å². The van der Waals surface area contributed by atoms with Crippen molar-refractivity contribution in [3.63, 3.8) is 0 Å². The predicted octanol–water partition coefficient (Wildman–Crippen LogP) is 3.70. The molecule has 0 spiro atoms. The van der Waals surface area contributed by atoms with E-state index < -0.39 is 5.60 Å². The van der Waals surface area contributed by atoms with Gasteiger partial charge in [-0.05, 0) is 92.3 Å². The van der Waals surface area contributed by atoms with E-state index in [9.17, 15) is 15.0 Å². The fourth-order valence-electron chi connectivity index (χ4n) is 6.42. The molecule has 0 aliphatic heterocycles. The fraction of sp³-hybridized carbons (Fsp3) is 0.762. The Morgan fingerprint density at radius 3 is 2.79 bits per heavy atom. The van der Waals surface area contributed by atoms with Crippen molar-refractivity contribution in [2.24, 2.45) is 17.3 Å². The Morgan fingerprint density at radius 1 is 1.17 bits per heavy atom. The first-order valence-electron chi connectivity index (χ1n) is 9.77. The maximum Gasteiger partial charge on any atom is 0.156 e. The summed E-state index contributed by atoms with van der Waals surface area (Å²) in [5.74, 6) is 1.47. The van der Waals surface area contributed by atoms with Gasteiger partial charge in [0.05, 0.1) is 5.60 Å². The number of hydrogen-bond acceptors (Lipinski definition) is 3. The summed E-state index contributed by atoms with van der Waals surface area (Å²) in [6.45, 7) is 2.48. The highest BCUT2D eigenvalue weighted by Gasteiger charge is 2.60. The van der Waals surface area contributed by atoms with E-state index >= 15 is 0 Å². The van der Waals surface area contributed by atoms with Crippen LogP contribution in [-0.2, 0) is 4.79 Å². The molecule has 3 heteroatoms. The van der Waals surface area contributed by atoms with Crippen molar-refractivity contribution in [2.75, 3.05) is 6.61 Å². The van der Waals surface area contributed by atoms with Crippen LogP contribution >= 0.6 is 0 Å². The lowest BCUT2D eigenvalue weighted by molar-refractivity contribution is -0.114. The Bertz CT molecular complexity index is 617. The van der Waals surface area contributed by atoms with Crippen molar-refractivity contribution in [2.45, 2.75) is 76.7 Å². The van der Waals surface area contributed by atoms with Gasteiger partial charge in [0.2, 0.25) is 0 Å². The van der Waals surface area contributed by atoms with Gasteiger partial charge in [-0.15, -0.1) is 0 Å². The third kappa shape index (κ3) is 2.28. The van der Waals surface area contributed by atoms with Crippen LogP contribution in [0.3, 0.4) is 0 Å². The van der Waals surface area contributed by atoms with Crippen LogP contribution in [-0.4, -0.2) is 28.2 Å². The molecule has 3 nitrogen and oxygen atoms in total. The number of rotatable bonds is 3. The molecule has 0 bridgehead atoms. The molecule has 0 unspecified atom stereocenters. The summed E-state index contributed by atoms with van der Waals surface area (Å²) in [5, 5.41) is 20.6. The minimum atomic E-state index is -0.602. The highest BCUT2D eigenvalue weighted by molar-refractivity contribution is 5.93. The lowest BCUT2D eigenvalue weighted by atomic mass is 9.54. The predicted molar refractivity (Wildman–Crippen MR) is 93.4 cm³/mol. The number of hydrogen-bond donors (Lipinski definition) is 2. The van der Waals surface area contributed by atoms with Crippen LogP contribution in [0.5, 0.6) is 0 Å². The van der Waals surface area contributed by atoms with Crippen LogP contribution in [0.4, 0.5) is 0 Å². The van der Waals surface area contributed by atoms with E-state index in [4.69, 9.17) is 0 Å². The number of carbonyl (C=O) groups excluding carboxylic acids is 1. The Labute approximate surface area is 144 Å². The lowest BCUT2D eigenvalue weighted by Crippen LogP contribution is -2.49. The van der Waals surface area contributed by atoms with Crippen LogP contribution in [0.2, 0.25) is 0 Å². The highest BCUT2D eigenvalue weighted by Crippen LogP contribution is 2.64. The smallest absolute Gasteiger partial charge is 0.156 e. The number of fused-ring (bicyclic) bond motifs is 4. The van der Waals surface area contributed by atoms with E-state index in [-0.39, 0.29) is 12.0 Å². The highest BCUT2D eigenvalue weighted by atomic mass is 16.3. The van der Waals surface area contributed by atoms with E-state index in [0.29, 0.717) is 30.5 Å². The molecule has 2 fully saturated rings. The summed E-state index contributed by atoms with van der Waals surface area (Å²) >= 11 is 0. The Balaban J connectivity index is 1.66. The number of allylic oxidation sites excluding steroid dienone is 4. The molecule has 0 radical (unpaired) electrons. The van der Waals surface area contributed by atoms with Crippen LogP contribution in [0.15, 0.2) is 22.8 Å². The normalized spacial score (nSPS) is 41.6. The number of aliphatic hydroxyl groups excluding tert-OH is 1. The first-order chi connectivity index (χ1) is 11.5. The molecule has 0 heterocycles. The van der Waals surface area contributed by atoms with E-state index in [0.717, 1.165) is 51.4 Å². The number of carbonyl (C=O) groups is 1. The van der Waals surface area contributed by atoms with Gasteiger partial charge in [-0.3, -0.25) is 4.79 Å². The van der Waals surface area contributed by atoms with Crippen molar-refractivity contribution in [1.82, 2.24) is 0 Å². The topological polar surface area (TPSA) is 57.5 Å². The van der Waals surface area contributed by atoms with E-state index in [1.54, 1.807) is 5.57 Å². The summed E-state index contributed by atoms with van der Waals surface area (Å²) in [5.41, 5.74) is 3.82. The molecule has 0 saturated heterocycles. The zero-order chi connectivity index (χ0) is 16.9. The van der Waals surface area contributed by atoms with E-state index in [1.165, 1.54) is 11.1 Å². The molecular formula is C21H30O3. The molecule has 4 atom stereocenters. The number of aliphatic hydroxyl groups is 2. The van der Waals surface area contributed by atoms with Gasteiger partial charge in [-0.25, -0.2) is 0 Å². The van der Waals surface area contributed by atoms with Gasteiger partial charge in [-0.1, -0.05) is 12.5 Å². The van der Waals surface area contributed by atoms with Crippen molar-refractivity contribution in [3.05, 3.63) is 22.8 Å². The van der Waals surface area contributed by atoms with Crippen molar-refractivity contribution in [1.29, 1.82) is 0 Å². The third-order valence-electron chi connectivity index (χ3n) is 7.80. The van der Waals surface area contributed by atoms with Gasteiger partial charge in [0.25, 0.3) is 0 Å². The summed E-state index contributed by atoms with van der Waals surface area (Å²) in [6, 6.07) is 0. The zero-order valence-electron chi connectivity index (χ0n) is 14.8. The first-order valence-corrected chi connectivity index (χ1v) is 9.77. The van der Waals surface area contributed by atoms with Crippen molar-refractivity contribution in [3.8, 4) is 0 Å². The van der Waals surface area contributed by atoms with Gasteiger partial charge in [0.15, 0.2) is 5.78 Å². The Hall–Kier alpha value is -0.930. The monoisotopic (exact) mass is 330 g/mol. The van der Waals surface area contributed by atoms with Gasteiger partial charge in [0, 0.05) is 13.0 Å². The van der Waals surface area contributed by atoms with Gasteiger partial charge in [-0.2, -0.15) is 0 Å². The molecule has 4 aliphatic rings. The van der Waals surface area contributed by atoms with E-state index in [2.05, 4.69) is 6.92 Å². The minimum absolute atomic E-state index is 0.0113. The minimum Gasteiger partial charge on any atom is -0.396 e. The lowest BCUT2D eigenvalue weighted by Gasteiger charge is -2.52. The quantitative estimate of drug-likeness (QED) is 0.829. The molecule has 4 rings (SSSR count). The van der Waals surface area contributed by atoms with Gasteiger partial charge >= 0.3 is 0 Å². The third-order valence-corrected chi connectivity index (χ3v) is 7.80. The SMILES string of the molecule is C[C@@]12CCC3=C4CCC(=O)C=C4CC[C@H]3[C@@H]1CC[C@]2(O)CCCO. The summed E-state index contributed by atoms with van der Waals surface area (Å²) in [6.07, 6.45) is 11.3. The molecule has 0 aromatic rings. The molecule has 24 heavy (non-hydrogen) atoms. The molecule has 0 aromatic heterocycles. The number of ketones is 1. The van der Waals surface area contributed by atoms with Crippen molar-refractivity contribution >= 4 is 5.78 Å². The molecule has 0 amide bonds. The maximum atomic E-state index is 11.7. The van der Waals surface area contributed by atoms with E-state index in [1.807, 2.05) is 6.08 Å². The van der Waals surface area contributed by atoms with Gasteiger partial charge in [0.1, 0.15) is 0 Å². The second kappa shape index (κ2) is 5.81. The average molecular weight is 330 g/mol. The van der Waals surface area contributed by atoms with Gasteiger partial charge < -0.3 is 10.2 Å². The second-order valence-corrected chi connectivity index (χ2v) is 8.71. The second-order valence-electron chi connectivity index (χ2n) is 8.71. The van der Waals surface area contributed by atoms with Crippen LogP contribution in [0, 0.1) is 17.3 Å². The Kier molecular flexibility index (Phi) is 4.00. The Morgan fingerprint density at radius 2 is 2.00 bits per heavy atom. The standard InChI is InChI=1S/C21H30O3/c1-20-10-7-17-16-6-4-15(23)13-14(16)3-5-18(17)19(20)8-11-21(20,24)9-2-12-22/h13,18-19,22,24H,2-12H2,1H3/t18-,19+,20-,21-/m1/s1. The molecule has 2 N–H and O–H groups in total. The summed E-state index contributed by atoms with van der Waals surface area (Å²) in [4.78, 5) is 11.7. The van der Waals surface area contributed by atoms with Crippen molar-refractivity contribution < 1.29 is 15.0 Å². The molecule has 4 aliphatic carbocycles. The molecule has 2 saturated carbocycles. The zero-order valence-corrected chi connectivity index (χ0v) is 14.8. The fourth-order valence-corrected chi connectivity index (χ4v) is 6.42. The summed E-state index contributed by atoms with van der Waals surface area (Å²) in [7, 11) is 0. The average Bonchev–Trinajstić information content (AvgIpc) is 2.84. The largest absolute Gasteiger partial charge is 0.396 e. The summed E-state index contributed by atoms with van der Waals surface area (Å²) < 4.78 is 0. The first kappa shape index (κ1) is 16.5. The maximum absolute atomic E-state index is 11.7.